The van der Waals surface area contributed by atoms with Crippen LogP contribution in [0.5, 0.6) is 5.75 Å². The Morgan fingerprint density at radius 2 is 2.00 bits per heavy atom. The summed E-state index contributed by atoms with van der Waals surface area (Å²) in [6.07, 6.45) is 1.69. The Morgan fingerprint density at radius 1 is 1.24 bits per heavy atom. The highest BCUT2D eigenvalue weighted by molar-refractivity contribution is 5.56. The average Bonchev–Trinajstić information content (AvgIpc) is 2.46. The SMILES string of the molecule is CCOc1ccccc1NCC(O)COCCCC(C)C. The highest BCUT2D eigenvalue weighted by Gasteiger charge is 2.07. The van der Waals surface area contributed by atoms with Gasteiger partial charge in [0.15, 0.2) is 0 Å². The number of aliphatic hydroxyl groups excluding tert-OH is 1. The monoisotopic (exact) mass is 295 g/mol. The van der Waals surface area contributed by atoms with E-state index in [9.17, 15) is 5.11 Å². The van der Waals surface area contributed by atoms with E-state index >= 15 is 0 Å². The first-order valence-corrected chi connectivity index (χ1v) is 7.85. The van der Waals surface area contributed by atoms with Gasteiger partial charge >= 0.3 is 0 Å². The van der Waals surface area contributed by atoms with Crippen LogP contribution in [-0.4, -0.2) is 37.6 Å². The quantitative estimate of drug-likeness (QED) is 0.615. The highest BCUT2D eigenvalue weighted by atomic mass is 16.5. The molecule has 0 bridgehead atoms. The molecule has 0 aromatic heterocycles. The summed E-state index contributed by atoms with van der Waals surface area (Å²) in [6.45, 7) is 8.51. The Bertz CT molecular complexity index is 382. The maximum absolute atomic E-state index is 9.91. The maximum Gasteiger partial charge on any atom is 0.142 e. The topological polar surface area (TPSA) is 50.7 Å². The summed E-state index contributed by atoms with van der Waals surface area (Å²) >= 11 is 0. The second-order valence-corrected chi connectivity index (χ2v) is 5.57. The van der Waals surface area contributed by atoms with Crippen LogP contribution in [0.25, 0.3) is 0 Å². The Kier molecular flexibility index (Phi) is 8.87. The summed E-state index contributed by atoms with van der Waals surface area (Å²) in [5.41, 5.74) is 0.901. The Balaban J connectivity index is 2.22. The minimum Gasteiger partial charge on any atom is -0.492 e. The summed E-state index contributed by atoms with van der Waals surface area (Å²) < 4.78 is 11.0. The molecule has 4 nitrogen and oxygen atoms in total. The number of benzene rings is 1. The number of hydrogen-bond donors (Lipinski definition) is 2. The second kappa shape index (κ2) is 10.5. The smallest absolute Gasteiger partial charge is 0.142 e. The number of anilines is 1. The lowest BCUT2D eigenvalue weighted by molar-refractivity contribution is 0.0409. The van der Waals surface area contributed by atoms with Gasteiger partial charge < -0.3 is 19.9 Å². The number of ether oxygens (including phenoxy) is 2. The third-order valence-corrected chi connectivity index (χ3v) is 3.10. The van der Waals surface area contributed by atoms with E-state index in [1.54, 1.807) is 0 Å². The number of hydrogen-bond acceptors (Lipinski definition) is 4. The molecule has 1 rings (SSSR count). The van der Waals surface area contributed by atoms with Gasteiger partial charge in [-0.1, -0.05) is 26.0 Å². The van der Waals surface area contributed by atoms with Crippen molar-refractivity contribution < 1.29 is 14.6 Å². The molecule has 0 heterocycles. The lowest BCUT2D eigenvalue weighted by atomic mass is 10.1. The van der Waals surface area contributed by atoms with Crippen molar-refractivity contribution in [1.29, 1.82) is 0 Å². The number of aliphatic hydroxyl groups is 1. The molecule has 0 saturated heterocycles. The first kappa shape index (κ1) is 17.8. The highest BCUT2D eigenvalue weighted by Crippen LogP contribution is 2.23. The van der Waals surface area contributed by atoms with E-state index in [4.69, 9.17) is 9.47 Å². The Morgan fingerprint density at radius 3 is 2.71 bits per heavy atom. The zero-order chi connectivity index (χ0) is 15.5. The van der Waals surface area contributed by atoms with E-state index in [0.717, 1.165) is 24.3 Å². The van der Waals surface area contributed by atoms with Gasteiger partial charge in [0.05, 0.1) is 25.0 Å². The van der Waals surface area contributed by atoms with E-state index in [-0.39, 0.29) is 0 Å². The van der Waals surface area contributed by atoms with Crippen molar-refractivity contribution in [3.63, 3.8) is 0 Å². The summed E-state index contributed by atoms with van der Waals surface area (Å²) in [5, 5.41) is 13.1. The molecule has 0 aliphatic heterocycles. The number of nitrogens with one attached hydrogen (secondary N) is 1. The molecule has 4 heteroatoms. The van der Waals surface area contributed by atoms with Crippen molar-refractivity contribution >= 4 is 5.69 Å². The zero-order valence-electron chi connectivity index (χ0n) is 13.5. The minimum absolute atomic E-state index is 0.363. The molecule has 21 heavy (non-hydrogen) atoms. The van der Waals surface area contributed by atoms with E-state index in [1.165, 1.54) is 0 Å². The van der Waals surface area contributed by atoms with E-state index in [0.29, 0.717) is 32.3 Å². The first-order valence-electron chi connectivity index (χ1n) is 7.85. The van der Waals surface area contributed by atoms with Crippen molar-refractivity contribution in [2.75, 3.05) is 31.7 Å². The molecule has 0 saturated carbocycles. The van der Waals surface area contributed by atoms with Crippen LogP contribution in [0.4, 0.5) is 5.69 Å². The third-order valence-electron chi connectivity index (χ3n) is 3.10. The molecule has 1 atom stereocenters. The minimum atomic E-state index is -0.515. The molecule has 0 radical (unpaired) electrons. The lowest BCUT2D eigenvalue weighted by Gasteiger charge is -2.16. The molecule has 0 spiro atoms. The van der Waals surface area contributed by atoms with Crippen LogP contribution in [0.3, 0.4) is 0 Å². The van der Waals surface area contributed by atoms with Crippen molar-refractivity contribution in [3.05, 3.63) is 24.3 Å². The van der Waals surface area contributed by atoms with E-state index < -0.39 is 6.10 Å². The fraction of sp³-hybridized carbons (Fsp3) is 0.647. The van der Waals surface area contributed by atoms with Crippen LogP contribution in [0.1, 0.15) is 33.6 Å². The van der Waals surface area contributed by atoms with Crippen LogP contribution >= 0.6 is 0 Å². The second-order valence-electron chi connectivity index (χ2n) is 5.57. The molecule has 1 aromatic rings. The predicted octanol–water partition coefficient (Wildman–Crippen LogP) is 3.31. The van der Waals surface area contributed by atoms with Crippen molar-refractivity contribution in [1.82, 2.24) is 0 Å². The van der Waals surface area contributed by atoms with Gasteiger partial charge in [0, 0.05) is 13.2 Å². The number of para-hydroxylation sites is 2. The van der Waals surface area contributed by atoms with Crippen molar-refractivity contribution in [3.8, 4) is 5.75 Å². The largest absolute Gasteiger partial charge is 0.492 e. The zero-order valence-corrected chi connectivity index (χ0v) is 13.5. The summed E-state index contributed by atoms with van der Waals surface area (Å²) in [7, 11) is 0. The average molecular weight is 295 g/mol. The standard InChI is InChI=1S/C17H29NO3/c1-4-21-17-10-6-5-9-16(17)18-12-15(19)13-20-11-7-8-14(2)3/h5-6,9-10,14-15,18-19H,4,7-8,11-13H2,1-3H3. The maximum atomic E-state index is 9.91. The predicted molar refractivity (Wildman–Crippen MR) is 87.0 cm³/mol. The molecular formula is C17H29NO3. The molecule has 0 amide bonds. The van der Waals surface area contributed by atoms with Gasteiger partial charge in [-0.2, -0.15) is 0 Å². The summed E-state index contributed by atoms with van der Waals surface area (Å²) in [6, 6.07) is 7.74. The van der Waals surface area contributed by atoms with Gasteiger partial charge in [0.2, 0.25) is 0 Å². The molecule has 0 aliphatic carbocycles. The fourth-order valence-corrected chi connectivity index (χ4v) is 1.99. The lowest BCUT2D eigenvalue weighted by Crippen LogP contribution is -2.25. The molecular weight excluding hydrogens is 266 g/mol. The molecule has 120 valence electrons. The van der Waals surface area contributed by atoms with Gasteiger partial charge in [-0.3, -0.25) is 0 Å². The van der Waals surface area contributed by atoms with Gasteiger partial charge in [0.25, 0.3) is 0 Å². The van der Waals surface area contributed by atoms with Gasteiger partial charge in [-0.15, -0.1) is 0 Å². The molecule has 1 aromatic carbocycles. The van der Waals surface area contributed by atoms with Crippen LogP contribution < -0.4 is 10.1 Å². The van der Waals surface area contributed by atoms with Crippen LogP contribution in [0.2, 0.25) is 0 Å². The van der Waals surface area contributed by atoms with E-state index in [2.05, 4.69) is 19.2 Å². The van der Waals surface area contributed by atoms with E-state index in [1.807, 2.05) is 31.2 Å². The molecule has 0 aliphatic rings. The van der Waals surface area contributed by atoms with Crippen molar-refractivity contribution in [2.24, 2.45) is 5.92 Å². The fourth-order valence-electron chi connectivity index (χ4n) is 1.99. The van der Waals surface area contributed by atoms with Gasteiger partial charge in [-0.05, 0) is 37.8 Å². The van der Waals surface area contributed by atoms with Gasteiger partial charge in [-0.25, -0.2) is 0 Å². The van der Waals surface area contributed by atoms with Crippen molar-refractivity contribution in [2.45, 2.75) is 39.7 Å². The normalized spacial score (nSPS) is 12.4. The molecule has 1 unspecified atom stereocenters. The summed E-state index contributed by atoms with van der Waals surface area (Å²) in [4.78, 5) is 0. The summed E-state index contributed by atoms with van der Waals surface area (Å²) in [5.74, 6) is 1.51. The third kappa shape index (κ3) is 7.93. The van der Waals surface area contributed by atoms with Crippen LogP contribution in [0.15, 0.2) is 24.3 Å². The number of rotatable bonds is 11. The first-order chi connectivity index (χ1) is 10.1. The Hall–Kier alpha value is -1.26. The van der Waals surface area contributed by atoms with Gasteiger partial charge in [0.1, 0.15) is 5.75 Å². The molecule has 2 N–H and O–H groups in total. The molecule has 0 fully saturated rings. The Labute approximate surface area is 128 Å². The van der Waals surface area contributed by atoms with Crippen LogP contribution in [0, 0.1) is 5.92 Å². The van der Waals surface area contributed by atoms with Crippen LogP contribution in [-0.2, 0) is 4.74 Å².